The number of amides is 1. The summed E-state index contributed by atoms with van der Waals surface area (Å²) in [7, 11) is 0. The average molecular weight is 353 g/mol. The van der Waals surface area contributed by atoms with Gasteiger partial charge in [0.05, 0.1) is 12.2 Å². The number of rotatable bonds is 4. The fourth-order valence-corrected chi connectivity index (χ4v) is 3.53. The molecule has 0 saturated carbocycles. The fourth-order valence-electron chi connectivity index (χ4n) is 3.53. The number of carbonyl (C=O) groups is 2. The van der Waals surface area contributed by atoms with E-state index in [1.54, 1.807) is 0 Å². The first-order valence-electron chi connectivity index (χ1n) is 8.62. The van der Waals surface area contributed by atoms with Gasteiger partial charge in [0.1, 0.15) is 6.54 Å². The van der Waals surface area contributed by atoms with Gasteiger partial charge >= 0.3 is 5.97 Å². The number of piperidine rings is 1. The highest BCUT2D eigenvalue weighted by molar-refractivity contribution is 5.85. The first-order chi connectivity index (χ1) is 12.6. The number of hydrogen-bond acceptors (Lipinski definition) is 4. The summed E-state index contributed by atoms with van der Waals surface area (Å²) in [6, 6.07) is 10.1. The summed E-state index contributed by atoms with van der Waals surface area (Å²) in [5, 5.41) is 17.3. The van der Waals surface area contributed by atoms with Crippen LogP contribution < -0.4 is 0 Å². The Morgan fingerprint density at radius 2 is 2.12 bits per heavy atom. The number of carbonyl (C=O) groups excluding carboxylic acids is 1. The predicted octanol–water partition coefficient (Wildman–Crippen LogP) is 2.21. The van der Waals surface area contributed by atoms with Crippen LogP contribution in [0.15, 0.2) is 36.5 Å². The molecular formula is C18H19N5O3. The van der Waals surface area contributed by atoms with Crippen molar-refractivity contribution in [3.05, 3.63) is 47.9 Å². The number of aromatic nitrogens is 4. The number of aromatic carboxylic acids is 1. The van der Waals surface area contributed by atoms with Gasteiger partial charge in [0.15, 0.2) is 5.69 Å². The largest absolute Gasteiger partial charge is 0.476 e. The van der Waals surface area contributed by atoms with Gasteiger partial charge in [0.2, 0.25) is 5.91 Å². The number of likely N-dealkylation sites (tertiary alicyclic amines) is 1. The second-order valence-corrected chi connectivity index (χ2v) is 6.52. The number of carboxylic acid groups (broad SMARTS) is 1. The van der Waals surface area contributed by atoms with E-state index in [2.05, 4.69) is 21.4 Å². The Morgan fingerprint density at radius 1 is 1.27 bits per heavy atom. The lowest BCUT2D eigenvalue weighted by molar-refractivity contribution is -0.136. The summed E-state index contributed by atoms with van der Waals surface area (Å²) in [5.41, 5.74) is 1.93. The van der Waals surface area contributed by atoms with Crippen molar-refractivity contribution in [2.45, 2.75) is 31.8 Å². The van der Waals surface area contributed by atoms with Crippen LogP contribution in [0.25, 0.3) is 10.9 Å². The summed E-state index contributed by atoms with van der Waals surface area (Å²) in [5.74, 6) is -1.24. The highest BCUT2D eigenvalue weighted by atomic mass is 16.4. The standard InChI is InChI=1S/C18H19N5O3/c24-17(11-22-10-15(18(25)26)20-21-22)23-8-4-3-7-16(23)14-9-12-5-1-2-6-13(12)19-14/h1-2,5-6,9-10,16,19H,3-4,7-8,11H2,(H,25,26). The number of hydrogen-bond donors (Lipinski definition) is 2. The second-order valence-electron chi connectivity index (χ2n) is 6.52. The molecule has 1 aromatic carbocycles. The molecule has 134 valence electrons. The summed E-state index contributed by atoms with van der Waals surface area (Å²) in [4.78, 5) is 29.0. The molecule has 3 heterocycles. The number of fused-ring (bicyclic) bond motifs is 1. The van der Waals surface area contributed by atoms with E-state index in [4.69, 9.17) is 5.11 Å². The van der Waals surface area contributed by atoms with Crippen LogP contribution in [-0.2, 0) is 11.3 Å². The molecule has 4 rings (SSSR count). The van der Waals surface area contributed by atoms with Crippen LogP contribution in [0.5, 0.6) is 0 Å². The van der Waals surface area contributed by atoms with E-state index in [0.717, 1.165) is 35.9 Å². The van der Waals surface area contributed by atoms with Crippen molar-refractivity contribution in [2.24, 2.45) is 0 Å². The van der Waals surface area contributed by atoms with E-state index in [-0.39, 0.29) is 24.2 Å². The maximum absolute atomic E-state index is 12.8. The molecule has 8 nitrogen and oxygen atoms in total. The number of para-hydroxylation sites is 1. The van der Waals surface area contributed by atoms with Gasteiger partial charge in [0.25, 0.3) is 0 Å². The molecule has 3 aromatic rings. The lowest BCUT2D eigenvalue weighted by atomic mass is 9.99. The third-order valence-electron chi connectivity index (χ3n) is 4.79. The van der Waals surface area contributed by atoms with Gasteiger partial charge in [-0.25, -0.2) is 9.48 Å². The van der Waals surface area contributed by atoms with E-state index in [9.17, 15) is 9.59 Å². The second kappa shape index (κ2) is 6.62. The van der Waals surface area contributed by atoms with Crippen molar-refractivity contribution in [3.63, 3.8) is 0 Å². The molecule has 2 N–H and O–H groups in total. The summed E-state index contributed by atoms with van der Waals surface area (Å²) < 4.78 is 1.28. The van der Waals surface area contributed by atoms with E-state index < -0.39 is 5.97 Å². The minimum absolute atomic E-state index is 0.00823. The van der Waals surface area contributed by atoms with Crippen LogP contribution in [0, 0.1) is 0 Å². The molecule has 1 atom stereocenters. The van der Waals surface area contributed by atoms with E-state index in [0.29, 0.717) is 6.54 Å². The van der Waals surface area contributed by atoms with Crippen LogP contribution in [0.3, 0.4) is 0 Å². The highest BCUT2D eigenvalue weighted by Gasteiger charge is 2.29. The molecule has 1 aliphatic heterocycles. The van der Waals surface area contributed by atoms with Gasteiger partial charge in [-0.15, -0.1) is 5.10 Å². The Morgan fingerprint density at radius 3 is 2.88 bits per heavy atom. The molecular weight excluding hydrogens is 334 g/mol. The lowest BCUT2D eigenvalue weighted by Gasteiger charge is -2.35. The summed E-state index contributed by atoms with van der Waals surface area (Å²) in [6.45, 7) is 0.663. The normalized spacial score (nSPS) is 17.5. The maximum Gasteiger partial charge on any atom is 0.358 e. The van der Waals surface area contributed by atoms with Crippen molar-refractivity contribution >= 4 is 22.8 Å². The average Bonchev–Trinajstić information content (AvgIpc) is 3.28. The molecule has 1 amide bonds. The number of benzene rings is 1. The van der Waals surface area contributed by atoms with E-state index in [1.807, 2.05) is 29.2 Å². The SMILES string of the molecule is O=C(O)c1cn(CC(=O)N2CCCCC2c2cc3ccccc3[nH]2)nn1. The minimum atomic E-state index is -1.15. The molecule has 0 spiro atoms. The van der Waals surface area contributed by atoms with Crippen LogP contribution in [0.4, 0.5) is 0 Å². The van der Waals surface area contributed by atoms with Crippen LogP contribution in [0.1, 0.15) is 41.5 Å². The summed E-state index contributed by atoms with van der Waals surface area (Å²) >= 11 is 0. The molecule has 1 unspecified atom stereocenters. The topological polar surface area (TPSA) is 104 Å². The molecule has 1 aliphatic rings. The number of carboxylic acids is 1. The smallest absolute Gasteiger partial charge is 0.358 e. The third-order valence-corrected chi connectivity index (χ3v) is 4.79. The number of nitrogens with zero attached hydrogens (tertiary/aromatic N) is 4. The van der Waals surface area contributed by atoms with Crippen LogP contribution in [0.2, 0.25) is 0 Å². The zero-order valence-corrected chi connectivity index (χ0v) is 14.1. The van der Waals surface area contributed by atoms with Gasteiger partial charge in [-0.05, 0) is 36.8 Å². The van der Waals surface area contributed by atoms with Gasteiger partial charge in [0, 0.05) is 17.8 Å². The van der Waals surface area contributed by atoms with E-state index >= 15 is 0 Å². The van der Waals surface area contributed by atoms with Gasteiger partial charge < -0.3 is 15.0 Å². The molecule has 8 heteroatoms. The maximum atomic E-state index is 12.8. The minimum Gasteiger partial charge on any atom is -0.476 e. The van der Waals surface area contributed by atoms with Gasteiger partial charge in [-0.2, -0.15) is 0 Å². The van der Waals surface area contributed by atoms with Crippen molar-refractivity contribution in [1.29, 1.82) is 0 Å². The Kier molecular flexibility index (Phi) is 4.16. The van der Waals surface area contributed by atoms with Crippen molar-refractivity contribution in [3.8, 4) is 0 Å². The Labute approximate surface area is 149 Å². The molecule has 2 aromatic heterocycles. The highest BCUT2D eigenvalue weighted by Crippen LogP contribution is 2.32. The predicted molar refractivity (Wildman–Crippen MR) is 93.6 cm³/mol. The Bertz CT molecular complexity index is 928. The van der Waals surface area contributed by atoms with Crippen molar-refractivity contribution in [1.82, 2.24) is 24.9 Å². The van der Waals surface area contributed by atoms with Crippen LogP contribution in [-0.4, -0.2) is 48.4 Å². The summed E-state index contributed by atoms with van der Waals surface area (Å²) in [6.07, 6.45) is 4.20. The molecule has 1 saturated heterocycles. The molecule has 0 aliphatic carbocycles. The van der Waals surface area contributed by atoms with Gasteiger partial charge in [-0.1, -0.05) is 23.4 Å². The quantitative estimate of drug-likeness (QED) is 0.748. The number of aromatic amines is 1. The fraction of sp³-hybridized carbons (Fsp3) is 0.333. The third kappa shape index (κ3) is 3.05. The lowest BCUT2D eigenvalue weighted by Crippen LogP contribution is -2.40. The Hall–Kier alpha value is -3.16. The van der Waals surface area contributed by atoms with Crippen molar-refractivity contribution < 1.29 is 14.7 Å². The van der Waals surface area contributed by atoms with Crippen LogP contribution >= 0.6 is 0 Å². The molecule has 0 bridgehead atoms. The molecule has 26 heavy (non-hydrogen) atoms. The van der Waals surface area contributed by atoms with Crippen molar-refractivity contribution in [2.75, 3.05) is 6.54 Å². The monoisotopic (exact) mass is 353 g/mol. The zero-order valence-electron chi connectivity index (χ0n) is 14.1. The molecule has 1 fully saturated rings. The zero-order chi connectivity index (χ0) is 18.1. The van der Waals surface area contributed by atoms with Gasteiger partial charge in [-0.3, -0.25) is 4.79 Å². The first kappa shape index (κ1) is 16.3. The number of nitrogens with one attached hydrogen (secondary N) is 1. The van der Waals surface area contributed by atoms with E-state index in [1.165, 1.54) is 10.9 Å². The Balaban J connectivity index is 1.56. The first-order valence-corrected chi connectivity index (χ1v) is 8.62. The number of H-pyrrole nitrogens is 1. The molecule has 0 radical (unpaired) electrons.